The van der Waals surface area contributed by atoms with Gasteiger partial charge in [0.2, 0.25) is 0 Å². The highest BCUT2D eigenvalue weighted by Gasteiger charge is 1.91. The Labute approximate surface area is 107 Å². The van der Waals surface area contributed by atoms with Gasteiger partial charge in [0, 0.05) is 5.02 Å². The molecule has 0 aliphatic carbocycles. The fourth-order valence-corrected chi connectivity index (χ4v) is 1.70. The SMILES string of the molecule is Clc1ccccc1/C=C/C=C/c1ccccc1. The molecule has 2 aromatic rings. The van der Waals surface area contributed by atoms with E-state index < -0.39 is 0 Å². The molecule has 0 nitrogen and oxygen atoms in total. The summed E-state index contributed by atoms with van der Waals surface area (Å²) >= 11 is 6.04. The van der Waals surface area contributed by atoms with Crippen LogP contribution in [-0.2, 0) is 0 Å². The summed E-state index contributed by atoms with van der Waals surface area (Å²) in [4.78, 5) is 0. The molecule has 0 aliphatic heterocycles. The number of hydrogen-bond donors (Lipinski definition) is 0. The maximum atomic E-state index is 6.04. The van der Waals surface area contributed by atoms with Crippen molar-refractivity contribution in [2.45, 2.75) is 0 Å². The number of halogens is 1. The maximum Gasteiger partial charge on any atom is 0.0478 e. The molecule has 0 aromatic heterocycles. The van der Waals surface area contributed by atoms with Gasteiger partial charge in [-0.15, -0.1) is 0 Å². The first-order valence-corrected chi connectivity index (χ1v) is 5.88. The minimum absolute atomic E-state index is 0.775. The van der Waals surface area contributed by atoms with Crippen molar-refractivity contribution < 1.29 is 0 Å². The van der Waals surface area contributed by atoms with E-state index in [9.17, 15) is 0 Å². The molecule has 0 unspecified atom stereocenters. The molecule has 0 saturated carbocycles. The Kier molecular flexibility index (Phi) is 4.17. The van der Waals surface area contributed by atoms with Crippen LogP contribution in [0.4, 0.5) is 0 Å². The lowest BCUT2D eigenvalue weighted by Gasteiger charge is -1.94. The van der Waals surface area contributed by atoms with Crippen LogP contribution >= 0.6 is 11.6 Å². The van der Waals surface area contributed by atoms with Crippen LogP contribution < -0.4 is 0 Å². The molecule has 2 aromatic carbocycles. The monoisotopic (exact) mass is 240 g/mol. The molecule has 17 heavy (non-hydrogen) atoms. The van der Waals surface area contributed by atoms with Crippen LogP contribution in [-0.4, -0.2) is 0 Å². The van der Waals surface area contributed by atoms with Gasteiger partial charge in [-0.05, 0) is 17.2 Å². The van der Waals surface area contributed by atoms with Gasteiger partial charge in [0.15, 0.2) is 0 Å². The molecule has 0 amide bonds. The lowest BCUT2D eigenvalue weighted by molar-refractivity contribution is 1.65. The van der Waals surface area contributed by atoms with E-state index in [1.807, 2.05) is 60.7 Å². The fraction of sp³-hybridized carbons (Fsp3) is 0. The van der Waals surface area contributed by atoms with Crippen molar-refractivity contribution in [2.75, 3.05) is 0 Å². The van der Waals surface area contributed by atoms with E-state index >= 15 is 0 Å². The largest absolute Gasteiger partial charge is 0.0837 e. The van der Waals surface area contributed by atoms with Crippen LogP contribution in [0.5, 0.6) is 0 Å². The number of rotatable bonds is 3. The Morgan fingerprint density at radius 1 is 0.706 bits per heavy atom. The fourth-order valence-electron chi connectivity index (χ4n) is 1.50. The molecule has 84 valence electrons. The van der Waals surface area contributed by atoms with E-state index in [2.05, 4.69) is 18.2 Å². The smallest absolute Gasteiger partial charge is 0.0478 e. The summed E-state index contributed by atoms with van der Waals surface area (Å²) in [6.07, 6.45) is 8.07. The first-order valence-electron chi connectivity index (χ1n) is 5.50. The average Bonchev–Trinajstić information content (AvgIpc) is 2.38. The zero-order chi connectivity index (χ0) is 11.9. The number of allylic oxidation sites excluding steroid dienone is 2. The van der Waals surface area contributed by atoms with E-state index in [0.717, 1.165) is 10.6 Å². The van der Waals surface area contributed by atoms with Crippen LogP contribution in [0.15, 0.2) is 66.7 Å². The minimum atomic E-state index is 0.775. The second kappa shape index (κ2) is 6.07. The quantitative estimate of drug-likeness (QED) is 0.658. The summed E-state index contributed by atoms with van der Waals surface area (Å²) in [6, 6.07) is 18.0. The van der Waals surface area contributed by atoms with E-state index in [-0.39, 0.29) is 0 Å². The van der Waals surface area contributed by atoms with Gasteiger partial charge in [-0.3, -0.25) is 0 Å². The standard InChI is InChI=1S/C16H13Cl/c17-16-13-7-6-12-15(16)11-5-4-10-14-8-2-1-3-9-14/h1-13H/b10-4+,11-5+. The Balaban J connectivity index is 2.04. The summed E-state index contributed by atoms with van der Waals surface area (Å²) in [5.41, 5.74) is 2.23. The molecule has 0 bridgehead atoms. The molecule has 0 aliphatic rings. The van der Waals surface area contributed by atoms with Crippen molar-refractivity contribution in [3.05, 3.63) is 82.9 Å². The third-order valence-corrected chi connectivity index (χ3v) is 2.72. The van der Waals surface area contributed by atoms with Crippen molar-refractivity contribution in [3.8, 4) is 0 Å². The average molecular weight is 241 g/mol. The number of hydrogen-bond acceptors (Lipinski definition) is 0. The summed E-state index contributed by atoms with van der Waals surface area (Å²) in [7, 11) is 0. The van der Waals surface area contributed by atoms with E-state index in [1.54, 1.807) is 0 Å². The zero-order valence-electron chi connectivity index (χ0n) is 9.38. The van der Waals surface area contributed by atoms with Crippen LogP contribution in [0, 0.1) is 0 Å². The number of benzene rings is 2. The van der Waals surface area contributed by atoms with Gasteiger partial charge in [-0.25, -0.2) is 0 Å². The van der Waals surface area contributed by atoms with Gasteiger partial charge in [-0.2, -0.15) is 0 Å². The van der Waals surface area contributed by atoms with Crippen molar-refractivity contribution in [2.24, 2.45) is 0 Å². The Hall–Kier alpha value is -1.79. The molecule has 2 rings (SSSR count). The molecule has 1 heteroatoms. The lowest BCUT2D eigenvalue weighted by Crippen LogP contribution is -1.72. The molecule has 0 radical (unpaired) electrons. The van der Waals surface area contributed by atoms with Gasteiger partial charge in [0.1, 0.15) is 0 Å². The predicted octanol–water partition coefficient (Wildman–Crippen LogP) is 5.07. The Bertz CT molecular complexity index is 524. The summed E-state index contributed by atoms with van der Waals surface area (Å²) in [6.45, 7) is 0. The highest BCUT2D eigenvalue weighted by Crippen LogP contribution is 2.16. The second-order valence-electron chi connectivity index (χ2n) is 3.65. The summed E-state index contributed by atoms with van der Waals surface area (Å²) in [5.74, 6) is 0. The van der Waals surface area contributed by atoms with Crippen LogP contribution in [0.25, 0.3) is 12.2 Å². The first-order chi connectivity index (χ1) is 8.36. The molecule has 0 N–H and O–H groups in total. The summed E-state index contributed by atoms with van der Waals surface area (Å²) in [5, 5.41) is 0.775. The van der Waals surface area contributed by atoms with Crippen molar-refractivity contribution in [1.82, 2.24) is 0 Å². The molecule has 0 atom stereocenters. The van der Waals surface area contributed by atoms with E-state index in [0.29, 0.717) is 0 Å². The van der Waals surface area contributed by atoms with Gasteiger partial charge >= 0.3 is 0 Å². The van der Waals surface area contributed by atoms with Crippen molar-refractivity contribution in [1.29, 1.82) is 0 Å². The Morgan fingerprint density at radius 3 is 2.12 bits per heavy atom. The molecule has 0 fully saturated rings. The van der Waals surface area contributed by atoms with Gasteiger partial charge < -0.3 is 0 Å². The van der Waals surface area contributed by atoms with E-state index in [1.165, 1.54) is 5.56 Å². The first kappa shape index (κ1) is 11.7. The highest BCUT2D eigenvalue weighted by atomic mass is 35.5. The van der Waals surface area contributed by atoms with Crippen LogP contribution in [0.2, 0.25) is 5.02 Å². The summed E-state index contributed by atoms with van der Waals surface area (Å²) < 4.78 is 0. The van der Waals surface area contributed by atoms with Gasteiger partial charge in [-0.1, -0.05) is 84.4 Å². The molecular formula is C16H13Cl. The van der Waals surface area contributed by atoms with Gasteiger partial charge in [0.05, 0.1) is 0 Å². The highest BCUT2D eigenvalue weighted by molar-refractivity contribution is 6.32. The van der Waals surface area contributed by atoms with Gasteiger partial charge in [0.25, 0.3) is 0 Å². The maximum absolute atomic E-state index is 6.04. The van der Waals surface area contributed by atoms with Crippen molar-refractivity contribution in [3.63, 3.8) is 0 Å². The molecular weight excluding hydrogens is 228 g/mol. The molecule has 0 heterocycles. The van der Waals surface area contributed by atoms with Crippen molar-refractivity contribution >= 4 is 23.8 Å². The second-order valence-corrected chi connectivity index (χ2v) is 4.06. The zero-order valence-corrected chi connectivity index (χ0v) is 10.1. The predicted molar refractivity (Wildman–Crippen MR) is 76.0 cm³/mol. The minimum Gasteiger partial charge on any atom is -0.0837 e. The third-order valence-electron chi connectivity index (χ3n) is 2.38. The normalized spacial score (nSPS) is 11.4. The molecule has 0 saturated heterocycles. The topological polar surface area (TPSA) is 0 Å². The van der Waals surface area contributed by atoms with Crippen LogP contribution in [0.3, 0.4) is 0 Å². The van der Waals surface area contributed by atoms with E-state index in [4.69, 9.17) is 11.6 Å². The molecule has 0 spiro atoms. The van der Waals surface area contributed by atoms with Crippen LogP contribution in [0.1, 0.15) is 11.1 Å². The lowest BCUT2D eigenvalue weighted by atomic mass is 10.2. The third kappa shape index (κ3) is 3.61. The Morgan fingerprint density at radius 2 is 1.35 bits per heavy atom.